The van der Waals surface area contributed by atoms with E-state index in [9.17, 15) is 10.2 Å². The molecule has 0 amide bonds. The Morgan fingerprint density at radius 3 is 2.67 bits per heavy atom. The Kier molecular flexibility index (Phi) is 2.97. The van der Waals surface area contributed by atoms with E-state index in [0.717, 1.165) is 10.2 Å². The van der Waals surface area contributed by atoms with Crippen molar-refractivity contribution in [2.75, 3.05) is 6.61 Å². The van der Waals surface area contributed by atoms with Crippen molar-refractivity contribution in [1.29, 1.82) is 0 Å². The zero-order valence-electron chi connectivity index (χ0n) is 7.87. The highest BCUT2D eigenvalue weighted by molar-refractivity contribution is 7.18. The molecule has 2 unspecified atom stereocenters. The van der Waals surface area contributed by atoms with Crippen molar-refractivity contribution in [2.45, 2.75) is 12.2 Å². The SMILES string of the molecule is OCC(O)C(O)c1nc2ccccc2s1. The van der Waals surface area contributed by atoms with Crippen LogP contribution in [0.15, 0.2) is 24.3 Å². The van der Waals surface area contributed by atoms with Gasteiger partial charge < -0.3 is 15.3 Å². The number of aromatic nitrogens is 1. The number of aliphatic hydroxyl groups excluding tert-OH is 3. The van der Waals surface area contributed by atoms with Crippen molar-refractivity contribution in [2.24, 2.45) is 0 Å². The molecule has 2 aromatic rings. The average Bonchev–Trinajstić information content (AvgIpc) is 2.70. The van der Waals surface area contributed by atoms with Crippen LogP contribution in [0.4, 0.5) is 0 Å². The standard InChI is InChI=1S/C10H11NO3S/c12-5-7(13)9(14)10-11-6-3-1-2-4-8(6)15-10/h1-4,7,9,12-14H,5H2. The van der Waals surface area contributed by atoms with Gasteiger partial charge in [-0.25, -0.2) is 4.98 Å². The van der Waals surface area contributed by atoms with Gasteiger partial charge in [0.05, 0.1) is 16.8 Å². The van der Waals surface area contributed by atoms with Crippen LogP contribution < -0.4 is 0 Å². The summed E-state index contributed by atoms with van der Waals surface area (Å²) in [7, 11) is 0. The summed E-state index contributed by atoms with van der Waals surface area (Å²) in [6.07, 6.45) is -2.29. The molecular weight excluding hydrogens is 214 g/mol. The molecule has 0 spiro atoms. The number of fused-ring (bicyclic) bond motifs is 1. The highest BCUT2D eigenvalue weighted by atomic mass is 32.1. The lowest BCUT2D eigenvalue weighted by Crippen LogP contribution is -2.21. The summed E-state index contributed by atoms with van der Waals surface area (Å²) < 4.78 is 0.955. The molecule has 5 heteroatoms. The van der Waals surface area contributed by atoms with E-state index < -0.39 is 18.8 Å². The monoisotopic (exact) mass is 225 g/mol. The van der Waals surface area contributed by atoms with Crippen LogP contribution in [0.2, 0.25) is 0 Å². The molecule has 1 aromatic carbocycles. The van der Waals surface area contributed by atoms with Crippen molar-refractivity contribution in [3.8, 4) is 0 Å². The van der Waals surface area contributed by atoms with E-state index in [1.807, 2.05) is 24.3 Å². The Morgan fingerprint density at radius 1 is 1.27 bits per heavy atom. The molecular formula is C10H11NO3S. The molecule has 3 N–H and O–H groups in total. The number of aliphatic hydroxyl groups is 3. The number of rotatable bonds is 3. The second-order valence-electron chi connectivity index (χ2n) is 3.21. The van der Waals surface area contributed by atoms with Gasteiger partial charge in [-0.1, -0.05) is 12.1 Å². The molecule has 0 fully saturated rings. The minimum absolute atomic E-state index is 0.428. The van der Waals surface area contributed by atoms with Gasteiger partial charge in [-0.05, 0) is 12.1 Å². The third-order valence-corrected chi connectivity index (χ3v) is 3.22. The lowest BCUT2D eigenvalue weighted by Gasteiger charge is -2.11. The molecule has 0 aliphatic heterocycles. The van der Waals surface area contributed by atoms with Gasteiger partial charge >= 0.3 is 0 Å². The summed E-state index contributed by atoms with van der Waals surface area (Å²) in [6, 6.07) is 7.49. The van der Waals surface area contributed by atoms with Crippen LogP contribution >= 0.6 is 11.3 Å². The first-order chi connectivity index (χ1) is 7.22. The molecule has 2 atom stereocenters. The number of thiazole rings is 1. The molecule has 0 radical (unpaired) electrons. The van der Waals surface area contributed by atoms with Crippen molar-refractivity contribution < 1.29 is 15.3 Å². The van der Waals surface area contributed by atoms with Crippen LogP contribution in [0.3, 0.4) is 0 Å². The summed E-state index contributed by atoms with van der Waals surface area (Å²) in [4.78, 5) is 4.18. The maximum atomic E-state index is 9.63. The van der Waals surface area contributed by atoms with E-state index in [1.165, 1.54) is 11.3 Å². The van der Waals surface area contributed by atoms with E-state index in [-0.39, 0.29) is 0 Å². The highest BCUT2D eigenvalue weighted by Crippen LogP contribution is 2.27. The van der Waals surface area contributed by atoms with Crippen LogP contribution in [-0.2, 0) is 0 Å². The lowest BCUT2D eigenvalue weighted by molar-refractivity contribution is -0.0152. The minimum atomic E-state index is -1.18. The quantitative estimate of drug-likeness (QED) is 0.718. The Morgan fingerprint density at radius 2 is 2.00 bits per heavy atom. The third-order valence-electron chi connectivity index (χ3n) is 2.11. The maximum absolute atomic E-state index is 9.63. The van der Waals surface area contributed by atoms with Gasteiger partial charge in [0, 0.05) is 0 Å². The lowest BCUT2D eigenvalue weighted by atomic mass is 10.2. The fourth-order valence-electron chi connectivity index (χ4n) is 1.28. The Hall–Kier alpha value is -1.01. The van der Waals surface area contributed by atoms with Gasteiger partial charge in [0.15, 0.2) is 0 Å². The Labute approximate surface area is 90.5 Å². The zero-order valence-corrected chi connectivity index (χ0v) is 8.68. The van der Waals surface area contributed by atoms with Crippen molar-refractivity contribution in [1.82, 2.24) is 4.98 Å². The van der Waals surface area contributed by atoms with Gasteiger partial charge in [0.25, 0.3) is 0 Å². The van der Waals surface area contributed by atoms with Gasteiger partial charge in [0.2, 0.25) is 0 Å². The van der Waals surface area contributed by atoms with Crippen LogP contribution in [0.1, 0.15) is 11.1 Å². The van der Waals surface area contributed by atoms with Crippen LogP contribution in [0.25, 0.3) is 10.2 Å². The normalized spacial score (nSPS) is 15.4. The number of nitrogens with zero attached hydrogens (tertiary/aromatic N) is 1. The predicted molar refractivity (Wildman–Crippen MR) is 57.7 cm³/mol. The molecule has 4 nitrogen and oxygen atoms in total. The van der Waals surface area contributed by atoms with Gasteiger partial charge in [0.1, 0.15) is 17.2 Å². The van der Waals surface area contributed by atoms with Crippen LogP contribution in [0, 0.1) is 0 Å². The smallest absolute Gasteiger partial charge is 0.134 e. The van der Waals surface area contributed by atoms with Gasteiger partial charge in [-0.3, -0.25) is 0 Å². The molecule has 0 aliphatic carbocycles. The van der Waals surface area contributed by atoms with Crippen molar-refractivity contribution in [3.05, 3.63) is 29.3 Å². The molecule has 15 heavy (non-hydrogen) atoms. The first-order valence-electron chi connectivity index (χ1n) is 4.55. The molecule has 0 saturated carbocycles. The summed E-state index contributed by atoms with van der Waals surface area (Å²) in [5.41, 5.74) is 0.793. The highest BCUT2D eigenvalue weighted by Gasteiger charge is 2.20. The molecule has 0 bridgehead atoms. The first-order valence-corrected chi connectivity index (χ1v) is 5.36. The predicted octanol–water partition coefficient (Wildman–Crippen LogP) is 0.683. The minimum Gasteiger partial charge on any atom is -0.394 e. The third kappa shape index (κ3) is 2.00. The maximum Gasteiger partial charge on any atom is 0.134 e. The van der Waals surface area contributed by atoms with Crippen LogP contribution in [0.5, 0.6) is 0 Å². The van der Waals surface area contributed by atoms with Crippen molar-refractivity contribution >= 4 is 21.6 Å². The average molecular weight is 225 g/mol. The molecule has 1 aromatic heterocycles. The fraction of sp³-hybridized carbons (Fsp3) is 0.300. The Bertz CT molecular complexity index is 424. The summed E-state index contributed by atoms with van der Waals surface area (Å²) in [5, 5.41) is 28.0. The van der Waals surface area contributed by atoms with E-state index in [2.05, 4.69) is 4.98 Å². The van der Waals surface area contributed by atoms with E-state index in [4.69, 9.17) is 5.11 Å². The number of para-hydroxylation sites is 1. The van der Waals surface area contributed by atoms with Crippen LogP contribution in [-0.4, -0.2) is 33.0 Å². The number of hydrogen-bond donors (Lipinski definition) is 3. The molecule has 1 heterocycles. The van der Waals surface area contributed by atoms with Crippen molar-refractivity contribution in [3.63, 3.8) is 0 Å². The molecule has 0 aliphatic rings. The van der Waals surface area contributed by atoms with E-state index in [1.54, 1.807) is 0 Å². The second kappa shape index (κ2) is 4.24. The summed E-state index contributed by atoms with van der Waals surface area (Å²) in [6.45, 7) is -0.475. The summed E-state index contributed by atoms with van der Waals surface area (Å²) in [5.74, 6) is 0. The topological polar surface area (TPSA) is 73.6 Å². The van der Waals surface area contributed by atoms with E-state index >= 15 is 0 Å². The Balaban J connectivity index is 2.36. The second-order valence-corrected chi connectivity index (χ2v) is 4.28. The number of hydrogen-bond acceptors (Lipinski definition) is 5. The molecule has 2 rings (SSSR count). The number of benzene rings is 1. The summed E-state index contributed by atoms with van der Waals surface area (Å²) >= 11 is 1.32. The van der Waals surface area contributed by atoms with E-state index in [0.29, 0.717) is 5.01 Å². The first kappa shape index (κ1) is 10.5. The zero-order chi connectivity index (χ0) is 10.8. The largest absolute Gasteiger partial charge is 0.394 e. The van der Waals surface area contributed by atoms with Gasteiger partial charge in [-0.2, -0.15) is 0 Å². The van der Waals surface area contributed by atoms with Gasteiger partial charge in [-0.15, -0.1) is 11.3 Å². The molecule has 80 valence electrons. The molecule has 0 saturated heterocycles. The fourth-order valence-corrected chi connectivity index (χ4v) is 2.29.